The molecule has 1 unspecified atom stereocenters. The normalized spacial score (nSPS) is 17.0. The van der Waals surface area contributed by atoms with Crippen molar-refractivity contribution in [3.05, 3.63) is 89.4 Å². The first kappa shape index (κ1) is 28.4. The summed E-state index contributed by atoms with van der Waals surface area (Å²) in [5, 5.41) is 19.7. The molecule has 212 valence electrons. The Kier molecular flexibility index (Phi) is 7.93. The fourth-order valence-electron chi connectivity index (χ4n) is 5.76. The van der Waals surface area contributed by atoms with Gasteiger partial charge in [0.1, 0.15) is 0 Å². The Morgan fingerprint density at radius 3 is 2.24 bits per heavy atom. The van der Waals surface area contributed by atoms with Gasteiger partial charge in [-0.15, -0.1) is 11.3 Å². The van der Waals surface area contributed by atoms with Gasteiger partial charge in [0.25, 0.3) is 5.91 Å². The number of aromatic nitrogens is 2. The number of piperidine rings is 1. The molecule has 4 N–H and O–H groups in total. The molecule has 2 aromatic heterocycles. The summed E-state index contributed by atoms with van der Waals surface area (Å²) in [5.41, 5.74) is 3.19. The number of hydrogen-bond donors (Lipinski definition) is 4. The van der Waals surface area contributed by atoms with Crippen LogP contribution in [0.15, 0.2) is 79.0 Å². The number of nitrogens with zero attached hydrogens (tertiary/aromatic N) is 2. The molecule has 4 aromatic rings. The van der Waals surface area contributed by atoms with Gasteiger partial charge in [-0.2, -0.15) is 0 Å². The van der Waals surface area contributed by atoms with Crippen LogP contribution in [0.3, 0.4) is 0 Å². The van der Waals surface area contributed by atoms with Crippen molar-refractivity contribution in [1.29, 1.82) is 0 Å². The van der Waals surface area contributed by atoms with Gasteiger partial charge >= 0.3 is 5.97 Å². The van der Waals surface area contributed by atoms with E-state index in [1.54, 1.807) is 24.4 Å². The smallest absolute Gasteiger partial charge is 0.330 e. The second-order valence-electron chi connectivity index (χ2n) is 11.8. The molecule has 1 aliphatic heterocycles. The lowest BCUT2D eigenvalue weighted by Crippen LogP contribution is -2.60. The van der Waals surface area contributed by atoms with E-state index in [4.69, 9.17) is 4.98 Å². The van der Waals surface area contributed by atoms with Gasteiger partial charge in [-0.3, -0.25) is 4.79 Å². The van der Waals surface area contributed by atoms with E-state index in [1.807, 2.05) is 54.6 Å². The van der Waals surface area contributed by atoms with E-state index in [1.165, 1.54) is 11.3 Å². The number of nitrogens with one attached hydrogen (secondary N) is 3. The molecule has 1 atom stereocenters. The van der Waals surface area contributed by atoms with Crippen molar-refractivity contribution in [2.45, 2.75) is 63.7 Å². The molecular weight excluding hydrogens is 534 g/mol. The zero-order valence-electron chi connectivity index (χ0n) is 23.6. The highest BCUT2D eigenvalue weighted by molar-refractivity contribution is 7.17. The van der Waals surface area contributed by atoms with E-state index in [9.17, 15) is 14.7 Å². The molecule has 0 spiro atoms. The van der Waals surface area contributed by atoms with Crippen molar-refractivity contribution in [2.24, 2.45) is 0 Å². The molecule has 41 heavy (non-hydrogen) atoms. The minimum Gasteiger partial charge on any atom is -0.479 e. The van der Waals surface area contributed by atoms with Crippen LogP contribution in [-0.4, -0.2) is 44.1 Å². The van der Waals surface area contributed by atoms with Gasteiger partial charge in [-0.1, -0.05) is 54.6 Å². The number of carbonyl (C=O) groups is 2. The third kappa shape index (κ3) is 6.99. The number of benzene rings is 2. The number of rotatable bonds is 8. The molecule has 0 radical (unpaired) electrons. The molecular formula is C32H35N5O3S. The van der Waals surface area contributed by atoms with Crippen molar-refractivity contribution in [3.63, 3.8) is 0 Å². The number of amides is 1. The van der Waals surface area contributed by atoms with Crippen LogP contribution in [0.2, 0.25) is 0 Å². The Bertz CT molecular complexity index is 1520. The third-order valence-electron chi connectivity index (χ3n) is 7.13. The highest BCUT2D eigenvalue weighted by Gasteiger charge is 2.37. The third-order valence-corrected chi connectivity index (χ3v) is 8.24. The second-order valence-corrected chi connectivity index (χ2v) is 12.9. The molecule has 1 amide bonds. The Labute approximate surface area is 244 Å². The van der Waals surface area contributed by atoms with Gasteiger partial charge in [-0.25, -0.2) is 14.8 Å². The first-order valence-corrected chi connectivity index (χ1v) is 14.5. The van der Waals surface area contributed by atoms with Gasteiger partial charge in [0.15, 0.2) is 6.04 Å². The van der Waals surface area contributed by atoms with Gasteiger partial charge in [-0.05, 0) is 75.4 Å². The van der Waals surface area contributed by atoms with Gasteiger partial charge in [0.2, 0.25) is 5.95 Å². The van der Waals surface area contributed by atoms with E-state index in [-0.39, 0.29) is 17.1 Å². The SMILES string of the molecule is CC1(C)CC(Nc2nccc(-c3ccc(C(=O)NC(C(=O)O)c4ccc(-c5ccccc5)cc4)s3)n2)CC(C)(C)N1. The molecule has 8 nitrogen and oxygen atoms in total. The summed E-state index contributed by atoms with van der Waals surface area (Å²) in [5.74, 6) is -1.03. The highest BCUT2D eigenvalue weighted by atomic mass is 32.1. The second kappa shape index (κ2) is 11.4. The first-order valence-electron chi connectivity index (χ1n) is 13.7. The van der Waals surface area contributed by atoms with Crippen LogP contribution in [-0.2, 0) is 4.79 Å². The first-order chi connectivity index (χ1) is 19.5. The number of carbonyl (C=O) groups excluding carboxylic acids is 1. The summed E-state index contributed by atoms with van der Waals surface area (Å²) >= 11 is 1.26. The summed E-state index contributed by atoms with van der Waals surface area (Å²) in [6.45, 7) is 8.80. The van der Waals surface area contributed by atoms with E-state index in [0.717, 1.165) is 28.8 Å². The lowest BCUT2D eigenvalue weighted by molar-refractivity contribution is -0.139. The van der Waals surface area contributed by atoms with Crippen molar-refractivity contribution >= 4 is 29.2 Å². The zero-order valence-corrected chi connectivity index (χ0v) is 24.5. The minimum atomic E-state index is -1.17. The molecule has 1 saturated heterocycles. The highest BCUT2D eigenvalue weighted by Crippen LogP contribution is 2.31. The van der Waals surface area contributed by atoms with Crippen LogP contribution in [0.1, 0.15) is 61.8 Å². The number of thiophene rings is 1. The fraction of sp³-hybridized carbons (Fsp3) is 0.312. The monoisotopic (exact) mass is 569 g/mol. The molecule has 1 fully saturated rings. The lowest BCUT2D eigenvalue weighted by atomic mass is 9.80. The molecule has 0 saturated carbocycles. The van der Waals surface area contributed by atoms with Crippen molar-refractivity contribution < 1.29 is 14.7 Å². The van der Waals surface area contributed by atoms with Gasteiger partial charge in [0, 0.05) is 23.3 Å². The maximum absolute atomic E-state index is 13.1. The molecule has 9 heteroatoms. The zero-order chi connectivity index (χ0) is 29.2. The lowest BCUT2D eigenvalue weighted by Gasteiger charge is -2.46. The topological polar surface area (TPSA) is 116 Å². The number of anilines is 1. The summed E-state index contributed by atoms with van der Waals surface area (Å²) < 4.78 is 0. The summed E-state index contributed by atoms with van der Waals surface area (Å²) in [6, 6.07) is 21.4. The van der Waals surface area contributed by atoms with E-state index in [2.05, 4.69) is 48.6 Å². The predicted molar refractivity (Wildman–Crippen MR) is 163 cm³/mol. The maximum atomic E-state index is 13.1. The summed E-state index contributed by atoms with van der Waals surface area (Å²) in [6.07, 6.45) is 3.58. The Morgan fingerprint density at radius 2 is 1.59 bits per heavy atom. The van der Waals surface area contributed by atoms with E-state index >= 15 is 0 Å². The largest absolute Gasteiger partial charge is 0.479 e. The molecule has 0 bridgehead atoms. The summed E-state index contributed by atoms with van der Waals surface area (Å²) in [7, 11) is 0. The number of hydrogen-bond acceptors (Lipinski definition) is 7. The Morgan fingerprint density at radius 1 is 0.927 bits per heavy atom. The predicted octanol–water partition coefficient (Wildman–Crippen LogP) is 6.15. The van der Waals surface area contributed by atoms with Crippen LogP contribution < -0.4 is 16.0 Å². The molecule has 0 aliphatic carbocycles. The number of carboxylic acids is 1. The van der Waals surface area contributed by atoms with Crippen LogP contribution in [0.4, 0.5) is 5.95 Å². The molecule has 5 rings (SSSR count). The number of aliphatic carboxylic acids is 1. The molecule has 2 aromatic carbocycles. The number of carboxylic acid groups (broad SMARTS) is 1. The van der Waals surface area contributed by atoms with Crippen molar-refractivity contribution in [3.8, 4) is 21.7 Å². The average Bonchev–Trinajstić information content (AvgIpc) is 3.41. The fourth-order valence-corrected chi connectivity index (χ4v) is 6.64. The van der Waals surface area contributed by atoms with Crippen LogP contribution >= 0.6 is 11.3 Å². The van der Waals surface area contributed by atoms with Crippen LogP contribution in [0.5, 0.6) is 0 Å². The van der Waals surface area contributed by atoms with Crippen molar-refractivity contribution in [1.82, 2.24) is 20.6 Å². The van der Waals surface area contributed by atoms with Crippen LogP contribution in [0, 0.1) is 0 Å². The molecule has 3 heterocycles. The quantitative estimate of drug-likeness (QED) is 0.201. The standard InChI is InChI=1S/C32H35N5O3S/c1-31(2)18-23(19-32(3,4)37-31)34-30-33-17-16-24(35-30)25-14-15-26(41-25)28(38)36-27(29(39)40)22-12-10-21(11-13-22)20-8-6-5-7-9-20/h5-17,23,27,37H,18-19H2,1-4H3,(H,36,38)(H,39,40)(H,33,34,35). The van der Waals surface area contributed by atoms with Gasteiger partial charge < -0.3 is 21.1 Å². The van der Waals surface area contributed by atoms with E-state index < -0.39 is 17.9 Å². The average molecular weight is 570 g/mol. The Balaban J connectivity index is 1.28. The summed E-state index contributed by atoms with van der Waals surface area (Å²) in [4.78, 5) is 35.5. The Hall–Kier alpha value is -4.08. The van der Waals surface area contributed by atoms with Crippen LogP contribution in [0.25, 0.3) is 21.7 Å². The van der Waals surface area contributed by atoms with E-state index in [0.29, 0.717) is 22.1 Å². The maximum Gasteiger partial charge on any atom is 0.330 e. The van der Waals surface area contributed by atoms with Gasteiger partial charge in [0.05, 0.1) is 15.4 Å². The minimum absolute atomic E-state index is 0.00914. The molecule has 1 aliphatic rings. The van der Waals surface area contributed by atoms with Crippen molar-refractivity contribution in [2.75, 3.05) is 5.32 Å².